The number of hydrogen-bond donors (Lipinski definition) is 0. The van der Waals surface area contributed by atoms with E-state index >= 15 is 0 Å². The van der Waals surface area contributed by atoms with Crippen molar-refractivity contribution in [3.63, 3.8) is 0 Å². The molecular weight excluding hydrogens is 203 g/mol. The fraction of sp³-hybridized carbons (Fsp3) is 1.00. The first-order chi connectivity index (χ1) is 6.91. The Kier molecular flexibility index (Phi) is 7.91. The van der Waals surface area contributed by atoms with Crippen LogP contribution in [-0.4, -0.2) is 27.5 Å². The van der Waals surface area contributed by atoms with Crippen molar-refractivity contribution in [3.8, 4) is 0 Å². The van der Waals surface area contributed by atoms with E-state index < -0.39 is 14.8 Å². The summed E-state index contributed by atoms with van der Waals surface area (Å²) in [6.45, 7) is 13.9. The van der Waals surface area contributed by atoms with E-state index in [1.807, 2.05) is 0 Å². The van der Waals surface area contributed by atoms with E-state index in [0.29, 0.717) is 0 Å². The lowest BCUT2D eigenvalue weighted by Crippen LogP contribution is -2.34. The molecule has 0 bridgehead atoms. The van der Waals surface area contributed by atoms with E-state index in [0.717, 1.165) is 11.9 Å². The molecule has 0 aromatic rings. The van der Waals surface area contributed by atoms with Crippen LogP contribution in [0, 0.1) is 5.41 Å². The monoisotopic (exact) mass is 230 g/mol. The Morgan fingerprint density at radius 2 is 1.80 bits per heavy atom. The molecule has 0 N–H and O–H groups in total. The first-order valence-corrected chi connectivity index (χ1v) is 7.94. The van der Waals surface area contributed by atoms with Gasteiger partial charge in [0, 0.05) is 12.7 Å². The van der Waals surface area contributed by atoms with Crippen LogP contribution in [-0.2, 0) is 7.58 Å². The van der Waals surface area contributed by atoms with Crippen molar-refractivity contribution in [2.75, 3.05) is 6.61 Å². The molecule has 0 aromatic carbocycles. The second-order valence-corrected chi connectivity index (χ2v) is 7.21. The Balaban J connectivity index is 4.03. The highest BCUT2D eigenvalue weighted by atomic mass is 27.2. The van der Waals surface area contributed by atoms with Gasteiger partial charge in [-0.15, -0.1) is 0 Å². The maximum absolute atomic E-state index is 6.07. The van der Waals surface area contributed by atoms with Crippen LogP contribution in [0.4, 0.5) is 0 Å². The van der Waals surface area contributed by atoms with Gasteiger partial charge in [-0.2, -0.15) is 0 Å². The standard InChI is InChI=1S/C6H13O.C4H9.C2H5O.Al/c1-5(7)6(2,3)4;1-3-4-2;1-2-3;/h5H,1-4H3;1,3-4H2,2H3;2H2,1H3;/q-1;;-1;+2. The van der Waals surface area contributed by atoms with Gasteiger partial charge in [-0.3, -0.25) is 0 Å². The molecule has 0 aliphatic carbocycles. The minimum atomic E-state index is -1.41. The Morgan fingerprint density at radius 1 is 1.20 bits per heavy atom. The second-order valence-electron chi connectivity index (χ2n) is 5.17. The van der Waals surface area contributed by atoms with Crippen LogP contribution in [0.25, 0.3) is 0 Å². The Bertz CT molecular complexity index is 154. The topological polar surface area (TPSA) is 18.5 Å². The molecule has 3 heteroatoms. The molecule has 0 spiro atoms. The Hall–Kier alpha value is 0.452. The lowest BCUT2D eigenvalue weighted by molar-refractivity contribution is 0.0689. The van der Waals surface area contributed by atoms with Gasteiger partial charge in [0.05, 0.1) is 0 Å². The maximum atomic E-state index is 6.07. The highest BCUT2D eigenvalue weighted by Gasteiger charge is 2.30. The van der Waals surface area contributed by atoms with Crippen LogP contribution < -0.4 is 0 Å². The summed E-state index contributed by atoms with van der Waals surface area (Å²) in [5.41, 5.74) is 0.217. The van der Waals surface area contributed by atoms with Gasteiger partial charge in [0.1, 0.15) is 0 Å². The molecule has 0 rings (SSSR count). The summed E-state index contributed by atoms with van der Waals surface area (Å²) >= 11 is -1.41. The van der Waals surface area contributed by atoms with Crippen LogP contribution in [0.3, 0.4) is 0 Å². The Labute approximate surface area is 100 Å². The third-order valence-corrected chi connectivity index (χ3v) is 5.02. The normalized spacial score (nSPS) is 14.0. The summed E-state index contributed by atoms with van der Waals surface area (Å²) in [4.78, 5) is 0. The molecule has 0 aliphatic heterocycles. The third-order valence-electron chi connectivity index (χ3n) is 2.72. The predicted molar refractivity (Wildman–Crippen MR) is 67.1 cm³/mol. The summed E-state index contributed by atoms with van der Waals surface area (Å²) in [6.07, 6.45) is 2.75. The average molecular weight is 230 g/mol. The van der Waals surface area contributed by atoms with Gasteiger partial charge < -0.3 is 7.58 Å². The minimum absolute atomic E-state index is 0.217. The van der Waals surface area contributed by atoms with Crippen molar-refractivity contribution in [2.45, 2.75) is 65.8 Å². The van der Waals surface area contributed by atoms with E-state index in [1.165, 1.54) is 12.8 Å². The molecule has 90 valence electrons. The summed E-state index contributed by atoms with van der Waals surface area (Å²) in [5, 5.41) is 1.14. The van der Waals surface area contributed by atoms with E-state index in [9.17, 15) is 0 Å². The predicted octanol–water partition coefficient (Wildman–Crippen LogP) is 3.76. The molecule has 0 aromatic heterocycles. The lowest BCUT2D eigenvalue weighted by Gasteiger charge is -2.30. The average Bonchev–Trinajstić information content (AvgIpc) is 2.13. The van der Waals surface area contributed by atoms with E-state index in [1.54, 1.807) is 0 Å². The van der Waals surface area contributed by atoms with Gasteiger partial charge >= 0.3 is 14.8 Å². The first-order valence-electron chi connectivity index (χ1n) is 6.18. The Morgan fingerprint density at radius 3 is 2.20 bits per heavy atom. The SMILES string of the molecule is CCC[CH2][Al]([O]CC)[O]C(C)C(C)(C)C. The van der Waals surface area contributed by atoms with Crippen molar-refractivity contribution >= 4 is 14.8 Å². The van der Waals surface area contributed by atoms with Crippen LogP contribution >= 0.6 is 0 Å². The number of rotatable bonds is 7. The summed E-state index contributed by atoms with van der Waals surface area (Å²) < 4.78 is 11.8. The van der Waals surface area contributed by atoms with Gasteiger partial charge in [-0.1, -0.05) is 40.5 Å². The van der Waals surface area contributed by atoms with Gasteiger partial charge in [0.2, 0.25) is 0 Å². The van der Waals surface area contributed by atoms with Crippen molar-refractivity contribution in [2.24, 2.45) is 5.41 Å². The zero-order valence-electron chi connectivity index (χ0n) is 11.3. The van der Waals surface area contributed by atoms with Crippen LogP contribution in [0.5, 0.6) is 0 Å². The van der Waals surface area contributed by atoms with Crippen LogP contribution in [0.1, 0.15) is 54.4 Å². The molecule has 0 heterocycles. The van der Waals surface area contributed by atoms with E-state index in [-0.39, 0.29) is 11.5 Å². The number of unbranched alkanes of at least 4 members (excludes halogenated alkanes) is 1. The first kappa shape index (κ1) is 15.5. The molecule has 0 aliphatic rings. The zero-order valence-corrected chi connectivity index (χ0v) is 12.5. The van der Waals surface area contributed by atoms with Gasteiger partial charge in [-0.25, -0.2) is 0 Å². The molecule has 0 saturated heterocycles. The summed E-state index contributed by atoms with van der Waals surface area (Å²) in [6, 6.07) is 0. The summed E-state index contributed by atoms with van der Waals surface area (Å²) in [5.74, 6) is 0. The minimum Gasteiger partial charge on any atom is -0.479 e. The smallest absolute Gasteiger partial charge is 0.479 e. The van der Waals surface area contributed by atoms with Gasteiger partial charge in [0.15, 0.2) is 0 Å². The fourth-order valence-electron chi connectivity index (χ4n) is 1.18. The molecule has 15 heavy (non-hydrogen) atoms. The van der Waals surface area contributed by atoms with E-state index in [4.69, 9.17) is 7.58 Å². The molecule has 0 fully saturated rings. The highest BCUT2D eigenvalue weighted by Crippen LogP contribution is 2.23. The summed E-state index contributed by atoms with van der Waals surface area (Å²) in [7, 11) is 0. The lowest BCUT2D eigenvalue weighted by atomic mass is 9.91. The van der Waals surface area contributed by atoms with E-state index in [2.05, 4.69) is 41.5 Å². The maximum Gasteiger partial charge on any atom is 0.674 e. The van der Waals surface area contributed by atoms with Crippen molar-refractivity contribution in [1.29, 1.82) is 0 Å². The van der Waals surface area contributed by atoms with Crippen molar-refractivity contribution < 1.29 is 7.58 Å². The van der Waals surface area contributed by atoms with Gasteiger partial charge in [-0.05, 0) is 24.5 Å². The molecule has 1 unspecified atom stereocenters. The molecular formula is C12H27AlO2. The zero-order chi connectivity index (χ0) is 11.9. The third kappa shape index (κ3) is 7.36. The quantitative estimate of drug-likeness (QED) is 0.620. The van der Waals surface area contributed by atoms with Gasteiger partial charge in [0.25, 0.3) is 0 Å². The number of hydrogen-bond acceptors (Lipinski definition) is 2. The van der Waals surface area contributed by atoms with Crippen molar-refractivity contribution in [1.82, 2.24) is 0 Å². The molecule has 1 atom stereocenters. The molecule has 0 amide bonds. The van der Waals surface area contributed by atoms with Crippen molar-refractivity contribution in [3.05, 3.63) is 0 Å². The van der Waals surface area contributed by atoms with Crippen LogP contribution in [0.2, 0.25) is 5.28 Å². The molecule has 0 radical (unpaired) electrons. The fourth-order valence-corrected chi connectivity index (χ4v) is 3.54. The molecule has 0 saturated carbocycles. The highest BCUT2D eigenvalue weighted by molar-refractivity contribution is 6.44. The largest absolute Gasteiger partial charge is 0.674 e. The molecule has 2 nitrogen and oxygen atoms in total. The second kappa shape index (κ2) is 7.68. The van der Waals surface area contributed by atoms with Crippen LogP contribution in [0.15, 0.2) is 0 Å².